The first-order chi connectivity index (χ1) is 18.1. The van der Waals surface area contributed by atoms with Gasteiger partial charge >= 0.3 is 11.9 Å². The molecule has 37 heavy (non-hydrogen) atoms. The Labute approximate surface area is 231 Å². The second-order valence-corrected chi connectivity index (χ2v) is 11.2. The van der Waals surface area contributed by atoms with E-state index in [0.29, 0.717) is 19.6 Å². The van der Waals surface area contributed by atoms with Crippen molar-refractivity contribution in [1.29, 1.82) is 0 Å². The number of carbonyl (C=O) groups is 2. The van der Waals surface area contributed by atoms with E-state index in [1.165, 1.54) is 89.9 Å². The number of hydrogen-bond donors (Lipinski definition) is 0. The maximum Gasteiger partial charge on any atom is 0.308 e. The third-order valence-electron chi connectivity index (χ3n) is 7.49. The number of hydrogen-bond acceptors (Lipinski definition) is 4. The highest BCUT2D eigenvalue weighted by molar-refractivity contribution is 5.76. The standard InChI is InChI=1S/C33H64O4/c1-5-9-11-13-15-17-19-21-23-27-36-32(34)30(25-7-3)29-31(26-8-4)33(35)37-28-24-22-20-18-16-14-12-10-6-2/h30-31H,5-29H2,1-4H3. The monoisotopic (exact) mass is 524 g/mol. The molecule has 0 aromatic carbocycles. The lowest BCUT2D eigenvalue weighted by molar-refractivity contribution is -0.153. The predicted octanol–water partition coefficient (Wildman–Crippen LogP) is 10.4. The van der Waals surface area contributed by atoms with Crippen LogP contribution in [-0.4, -0.2) is 25.2 Å². The van der Waals surface area contributed by atoms with Gasteiger partial charge in [0.1, 0.15) is 0 Å². The van der Waals surface area contributed by atoms with Gasteiger partial charge in [-0.2, -0.15) is 0 Å². The first kappa shape index (κ1) is 35.9. The minimum atomic E-state index is -0.194. The molecule has 0 rings (SSSR count). The topological polar surface area (TPSA) is 52.6 Å². The second-order valence-electron chi connectivity index (χ2n) is 11.2. The Kier molecular flexibility index (Phi) is 27.2. The first-order valence-electron chi connectivity index (χ1n) is 16.4. The molecule has 0 saturated carbocycles. The molecule has 4 nitrogen and oxygen atoms in total. The maximum absolute atomic E-state index is 12.8. The van der Waals surface area contributed by atoms with Crippen molar-refractivity contribution in [3.63, 3.8) is 0 Å². The quantitative estimate of drug-likeness (QED) is 0.0754. The van der Waals surface area contributed by atoms with Crippen molar-refractivity contribution in [2.24, 2.45) is 11.8 Å². The average Bonchev–Trinajstić information content (AvgIpc) is 2.89. The van der Waals surface area contributed by atoms with Crippen LogP contribution in [-0.2, 0) is 19.1 Å². The summed E-state index contributed by atoms with van der Waals surface area (Å²) in [6.07, 6.45) is 26.5. The minimum absolute atomic E-state index is 0.116. The zero-order valence-corrected chi connectivity index (χ0v) is 25.5. The number of rotatable bonds is 28. The van der Waals surface area contributed by atoms with Gasteiger partial charge in [-0.3, -0.25) is 9.59 Å². The summed E-state index contributed by atoms with van der Waals surface area (Å²) in [5.74, 6) is -0.621. The summed E-state index contributed by atoms with van der Waals surface area (Å²) >= 11 is 0. The summed E-state index contributed by atoms with van der Waals surface area (Å²) in [7, 11) is 0. The van der Waals surface area contributed by atoms with Gasteiger partial charge in [0.25, 0.3) is 0 Å². The number of carbonyl (C=O) groups excluding carboxylic acids is 2. The molecule has 0 saturated heterocycles. The first-order valence-corrected chi connectivity index (χ1v) is 16.4. The summed E-state index contributed by atoms with van der Waals surface area (Å²) in [4.78, 5) is 25.6. The van der Waals surface area contributed by atoms with Crippen LogP contribution in [0, 0.1) is 11.8 Å². The largest absolute Gasteiger partial charge is 0.465 e. The van der Waals surface area contributed by atoms with Crippen LogP contribution in [0.4, 0.5) is 0 Å². The van der Waals surface area contributed by atoms with Gasteiger partial charge in [-0.05, 0) is 32.1 Å². The van der Waals surface area contributed by atoms with E-state index < -0.39 is 0 Å². The number of ether oxygens (including phenoxy) is 2. The number of unbranched alkanes of at least 4 members (excludes halogenated alkanes) is 16. The normalized spacial score (nSPS) is 12.9. The van der Waals surface area contributed by atoms with Crippen molar-refractivity contribution in [3.8, 4) is 0 Å². The van der Waals surface area contributed by atoms with E-state index in [-0.39, 0.29) is 23.8 Å². The van der Waals surface area contributed by atoms with Crippen molar-refractivity contribution >= 4 is 11.9 Å². The Morgan fingerprint density at radius 3 is 1.03 bits per heavy atom. The van der Waals surface area contributed by atoms with E-state index in [1.807, 2.05) is 0 Å². The lowest BCUT2D eigenvalue weighted by Gasteiger charge is -2.21. The number of esters is 2. The molecule has 0 aliphatic heterocycles. The van der Waals surface area contributed by atoms with Gasteiger partial charge in [0.05, 0.1) is 25.0 Å². The van der Waals surface area contributed by atoms with E-state index in [9.17, 15) is 9.59 Å². The van der Waals surface area contributed by atoms with Crippen molar-refractivity contribution in [2.75, 3.05) is 13.2 Å². The van der Waals surface area contributed by atoms with Crippen LogP contribution in [0.2, 0.25) is 0 Å². The minimum Gasteiger partial charge on any atom is -0.465 e. The molecule has 4 heteroatoms. The molecule has 0 fully saturated rings. The fraction of sp³-hybridized carbons (Fsp3) is 0.939. The van der Waals surface area contributed by atoms with E-state index in [0.717, 1.165) is 51.4 Å². The lowest BCUT2D eigenvalue weighted by Crippen LogP contribution is -2.26. The van der Waals surface area contributed by atoms with Crippen molar-refractivity contribution in [2.45, 2.75) is 175 Å². The van der Waals surface area contributed by atoms with Crippen LogP contribution in [0.15, 0.2) is 0 Å². The van der Waals surface area contributed by atoms with Crippen LogP contribution in [0.3, 0.4) is 0 Å². The van der Waals surface area contributed by atoms with E-state index in [2.05, 4.69) is 27.7 Å². The maximum atomic E-state index is 12.8. The third kappa shape index (κ3) is 22.6. The fourth-order valence-electron chi connectivity index (χ4n) is 5.11. The van der Waals surface area contributed by atoms with Gasteiger partial charge in [-0.15, -0.1) is 0 Å². The molecule has 0 aromatic rings. The smallest absolute Gasteiger partial charge is 0.308 e. The van der Waals surface area contributed by atoms with Crippen LogP contribution in [0.25, 0.3) is 0 Å². The predicted molar refractivity (Wildman–Crippen MR) is 158 cm³/mol. The molecule has 0 N–H and O–H groups in total. The molecule has 2 atom stereocenters. The van der Waals surface area contributed by atoms with Gasteiger partial charge in [-0.1, -0.05) is 143 Å². The van der Waals surface area contributed by atoms with Crippen LogP contribution in [0.1, 0.15) is 175 Å². The van der Waals surface area contributed by atoms with Crippen LogP contribution < -0.4 is 0 Å². The van der Waals surface area contributed by atoms with Crippen molar-refractivity contribution in [3.05, 3.63) is 0 Å². The lowest BCUT2D eigenvalue weighted by atomic mass is 9.88. The van der Waals surface area contributed by atoms with E-state index in [4.69, 9.17) is 9.47 Å². The van der Waals surface area contributed by atoms with Crippen LogP contribution >= 0.6 is 0 Å². The molecule has 220 valence electrons. The highest BCUT2D eigenvalue weighted by Gasteiger charge is 2.28. The van der Waals surface area contributed by atoms with Crippen molar-refractivity contribution < 1.29 is 19.1 Å². The molecule has 0 aliphatic carbocycles. The Balaban J connectivity index is 4.18. The molecule has 0 radical (unpaired) electrons. The molecular weight excluding hydrogens is 460 g/mol. The Bertz CT molecular complexity index is 461. The average molecular weight is 525 g/mol. The molecular formula is C33H64O4. The molecule has 0 spiro atoms. The van der Waals surface area contributed by atoms with E-state index >= 15 is 0 Å². The van der Waals surface area contributed by atoms with Crippen molar-refractivity contribution in [1.82, 2.24) is 0 Å². The summed E-state index contributed by atoms with van der Waals surface area (Å²) in [6, 6.07) is 0. The SMILES string of the molecule is CCCCCCCCCCCOC(=O)C(CCC)CC(CCC)C(=O)OCCCCCCCCCCC. The molecule has 0 aliphatic rings. The Morgan fingerprint density at radius 1 is 0.432 bits per heavy atom. The van der Waals surface area contributed by atoms with Gasteiger partial charge in [-0.25, -0.2) is 0 Å². The molecule has 0 aromatic heterocycles. The summed E-state index contributed by atoms with van der Waals surface area (Å²) in [5.41, 5.74) is 0. The van der Waals surface area contributed by atoms with Gasteiger partial charge in [0, 0.05) is 0 Å². The zero-order chi connectivity index (χ0) is 27.4. The summed E-state index contributed by atoms with van der Waals surface area (Å²) < 4.78 is 11.3. The van der Waals surface area contributed by atoms with Gasteiger partial charge in [0.15, 0.2) is 0 Å². The van der Waals surface area contributed by atoms with E-state index in [1.54, 1.807) is 0 Å². The second kappa shape index (κ2) is 28.0. The van der Waals surface area contributed by atoms with Gasteiger partial charge in [0.2, 0.25) is 0 Å². The Hall–Kier alpha value is -1.06. The Morgan fingerprint density at radius 2 is 0.730 bits per heavy atom. The third-order valence-corrected chi connectivity index (χ3v) is 7.49. The molecule has 2 unspecified atom stereocenters. The molecule has 0 amide bonds. The zero-order valence-electron chi connectivity index (χ0n) is 25.5. The fourth-order valence-corrected chi connectivity index (χ4v) is 5.11. The molecule has 0 bridgehead atoms. The van der Waals surface area contributed by atoms with Crippen LogP contribution in [0.5, 0.6) is 0 Å². The van der Waals surface area contributed by atoms with Gasteiger partial charge < -0.3 is 9.47 Å². The highest BCUT2D eigenvalue weighted by Crippen LogP contribution is 2.24. The summed E-state index contributed by atoms with van der Waals surface area (Å²) in [6.45, 7) is 9.71. The highest BCUT2D eigenvalue weighted by atomic mass is 16.5. The molecule has 0 heterocycles. The summed E-state index contributed by atoms with van der Waals surface area (Å²) in [5, 5.41) is 0.